The summed E-state index contributed by atoms with van der Waals surface area (Å²) in [7, 11) is 1.35. The Morgan fingerprint density at radius 1 is 1.29 bits per heavy atom. The van der Waals surface area contributed by atoms with E-state index < -0.39 is 0 Å². The number of ether oxygens (including phenoxy) is 1. The van der Waals surface area contributed by atoms with Crippen molar-refractivity contribution in [3.8, 4) is 0 Å². The van der Waals surface area contributed by atoms with Gasteiger partial charge in [0.15, 0.2) is 0 Å². The first-order valence-corrected chi connectivity index (χ1v) is 8.06. The maximum atomic E-state index is 12.2. The Hall–Kier alpha value is -2.63. The molecule has 0 saturated carbocycles. The van der Waals surface area contributed by atoms with Crippen LogP contribution in [-0.2, 0) is 16.0 Å². The molecule has 0 unspecified atom stereocenters. The highest BCUT2D eigenvalue weighted by Crippen LogP contribution is 2.17. The minimum Gasteiger partial charge on any atom is -0.465 e. The topological polar surface area (TPSA) is 73.2 Å². The largest absolute Gasteiger partial charge is 0.465 e. The Labute approximate surface area is 141 Å². The molecule has 0 aliphatic heterocycles. The third-order valence-electron chi connectivity index (χ3n) is 3.99. The van der Waals surface area contributed by atoms with Gasteiger partial charge in [0.05, 0.1) is 24.9 Å². The quantitative estimate of drug-likeness (QED) is 0.792. The summed E-state index contributed by atoms with van der Waals surface area (Å²) in [6.45, 7) is 4.12. The van der Waals surface area contributed by atoms with E-state index in [9.17, 15) is 9.59 Å². The van der Waals surface area contributed by atoms with Crippen LogP contribution < -0.4 is 5.32 Å². The normalized spacial score (nSPS) is 11.8. The van der Waals surface area contributed by atoms with Crippen LogP contribution in [-0.4, -0.2) is 28.8 Å². The van der Waals surface area contributed by atoms with Gasteiger partial charge in [-0.25, -0.2) is 9.48 Å². The lowest BCUT2D eigenvalue weighted by Gasteiger charge is -2.14. The fourth-order valence-electron chi connectivity index (χ4n) is 2.44. The summed E-state index contributed by atoms with van der Waals surface area (Å²) < 4.78 is 6.58. The van der Waals surface area contributed by atoms with Crippen molar-refractivity contribution in [1.82, 2.24) is 9.78 Å². The second-order valence-electron chi connectivity index (χ2n) is 5.62. The van der Waals surface area contributed by atoms with E-state index in [0.717, 1.165) is 12.0 Å². The lowest BCUT2D eigenvalue weighted by molar-refractivity contribution is -0.116. The second-order valence-corrected chi connectivity index (χ2v) is 5.62. The molecule has 0 aliphatic rings. The molecule has 6 nitrogen and oxygen atoms in total. The minimum absolute atomic E-state index is 0.111. The number of nitrogens with zero attached hydrogens (tertiary/aromatic N) is 2. The summed E-state index contributed by atoms with van der Waals surface area (Å²) in [5, 5.41) is 7.13. The van der Waals surface area contributed by atoms with Gasteiger partial charge in [-0.3, -0.25) is 4.79 Å². The molecule has 0 aliphatic carbocycles. The van der Waals surface area contributed by atoms with E-state index >= 15 is 0 Å². The molecule has 0 bridgehead atoms. The van der Waals surface area contributed by atoms with Crippen LogP contribution >= 0.6 is 0 Å². The van der Waals surface area contributed by atoms with Crippen LogP contribution in [0.1, 0.15) is 48.7 Å². The van der Waals surface area contributed by atoms with Gasteiger partial charge in [-0.15, -0.1) is 0 Å². The molecule has 0 saturated heterocycles. The van der Waals surface area contributed by atoms with E-state index in [1.807, 2.05) is 12.1 Å². The number of anilines is 1. The maximum absolute atomic E-state index is 12.2. The van der Waals surface area contributed by atoms with Crippen molar-refractivity contribution in [1.29, 1.82) is 0 Å². The molecular formula is C18H23N3O3. The summed E-state index contributed by atoms with van der Waals surface area (Å²) in [5.74, 6) is 0.191. The van der Waals surface area contributed by atoms with Crippen molar-refractivity contribution in [3.63, 3.8) is 0 Å². The van der Waals surface area contributed by atoms with E-state index in [0.29, 0.717) is 17.8 Å². The van der Waals surface area contributed by atoms with Crippen LogP contribution in [0.15, 0.2) is 36.5 Å². The monoisotopic (exact) mass is 329 g/mol. The van der Waals surface area contributed by atoms with Crippen molar-refractivity contribution in [2.75, 3.05) is 12.4 Å². The number of benzene rings is 1. The predicted octanol–water partition coefficient (Wildman–Crippen LogP) is 3.21. The number of methoxy groups -OCH3 is 1. The lowest BCUT2D eigenvalue weighted by atomic mass is 10.0. The third kappa shape index (κ3) is 4.22. The molecule has 1 amide bonds. The molecular weight excluding hydrogens is 306 g/mol. The van der Waals surface area contributed by atoms with Crippen LogP contribution in [0.2, 0.25) is 0 Å². The average molecular weight is 329 g/mol. The first-order valence-electron chi connectivity index (χ1n) is 8.06. The zero-order valence-electron chi connectivity index (χ0n) is 14.3. The first-order chi connectivity index (χ1) is 11.6. The number of hydrogen-bond donors (Lipinski definition) is 1. The summed E-state index contributed by atoms with van der Waals surface area (Å²) in [5.41, 5.74) is 1.30. The lowest BCUT2D eigenvalue weighted by Crippen LogP contribution is -2.18. The van der Waals surface area contributed by atoms with Gasteiger partial charge in [-0.1, -0.05) is 25.1 Å². The number of aromatic nitrogens is 2. The van der Waals surface area contributed by atoms with Crippen LogP contribution in [0.5, 0.6) is 0 Å². The highest BCUT2D eigenvalue weighted by molar-refractivity contribution is 5.92. The van der Waals surface area contributed by atoms with Gasteiger partial charge < -0.3 is 10.1 Å². The van der Waals surface area contributed by atoms with Gasteiger partial charge in [-0.05, 0) is 31.4 Å². The molecule has 128 valence electrons. The molecule has 6 heteroatoms. The van der Waals surface area contributed by atoms with Crippen LogP contribution in [0.25, 0.3) is 0 Å². The highest BCUT2D eigenvalue weighted by atomic mass is 16.5. The summed E-state index contributed by atoms with van der Waals surface area (Å²) >= 11 is 0. The molecule has 2 aromatic rings. The van der Waals surface area contributed by atoms with E-state index in [-0.39, 0.29) is 24.3 Å². The molecule has 0 fully saturated rings. The van der Waals surface area contributed by atoms with E-state index in [2.05, 4.69) is 24.3 Å². The molecule has 0 radical (unpaired) electrons. The number of rotatable bonds is 7. The van der Waals surface area contributed by atoms with Crippen molar-refractivity contribution in [2.24, 2.45) is 0 Å². The SMILES string of the molecule is CC[C@H](C)n1nccc1NC(=O)CCc1ccccc1C(=O)OC. The third-order valence-corrected chi connectivity index (χ3v) is 3.99. The van der Waals surface area contributed by atoms with Gasteiger partial charge in [0, 0.05) is 12.5 Å². The van der Waals surface area contributed by atoms with E-state index in [1.165, 1.54) is 7.11 Å². The number of aryl methyl sites for hydroxylation is 1. The highest BCUT2D eigenvalue weighted by Gasteiger charge is 2.14. The molecule has 1 N–H and O–H groups in total. The zero-order valence-corrected chi connectivity index (χ0v) is 14.3. The molecule has 2 rings (SSSR count). The maximum Gasteiger partial charge on any atom is 0.338 e. The van der Waals surface area contributed by atoms with Gasteiger partial charge in [-0.2, -0.15) is 5.10 Å². The number of carbonyl (C=O) groups excluding carboxylic acids is 2. The van der Waals surface area contributed by atoms with Crippen molar-refractivity contribution in [3.05, 3.63) is 47.7 Å². The average Bonchev–Trinajstić information content (AvgIpc) is 3.06. The smallest absolute Gasteiger partial charge is 0.338 e. The van der Waals surface area contributed by atoms with Crippen molar-refractivity contribution in [2.45, 2.75) is 39.2 Å². The molecule has 0 spiro atoms. The molecule has 1 aromatic carbocycles. The summed E-state index contributed by atoms with van der Waals surface area (Å²) in [4.78, 5) is 24.0. The van der Waals surface area contributed by atoms with E-state index in [1.54, 1.807) is 29.1 Å². The van der Waals surface area contributed by atoms with Crippen molar-refractivity contribution < 1.29 is 14.3 Å². The molecule has 1 heterocycles. The van der Waals surface area contributed by atoms with Crippen LogP contribution in [0.4, 0.5) is 5.82 Å². The van der Waals surface area contributed by atoms with Gasteiger partial charge in [0.2, 0.25) is 5.91 Å². The summed E-state index contributed by atoms with van der Waals surface area (Å²) in [6, 6.07) is 9.17. The number of carbonyl (C=O) groups is 2. The molecule has 24 heavy (non-hydrogen) atoms. The minimum atomic E-state index is -0.388. The fourth-order valence-corrected chi connectivity index (χ4v) is 2.44. The van der Waals surface area contributed by atoms with E-state index in [4.69, 9.17) is 4.74 Å². The Balaban J connectivity index is 2.00. The van der Waals surface area contributed by atoms with Crippen LogP contribution in [0.3, 0.4) is 0 Å². The number of hydrogen-bond acceptors (Lipinski definition) is 4. The zero-order chi connectivity index (χ0) is 17.5. The standard InChI is InChI=1S/C18H23N3O3/c1-4-13(2)21-16(11-12-19-21)20-17(22)10-9-14-7-5-6-8-15(14)18(23)24-3/h5-8,11-13H,4,9-10H2,1-3H3,(H,20,22)/t13-/m0/s1. The molecule has 1 aromatic heterocycles. The van der Waals surface area contributed by atoms with Gasteiger partial charge in [0.25, 0.3) is 0 Å². The number of esters is 1. The predicted molar refractivity (Wildman–Crippen MR) is 92.0 cm³/mol. The first kappa shape index (κ1) is 17.7. The fraction of sp³-hybridized carbons (Fsp3) is 0.389. The number of nitrogens with one attached hydrogen (secondary N) is 1. The van der Waals surface area contributed by atoms with Crippen molar-refractivity contribution >= 4 is 17.7 Å². The van der Waals surface area contributed by atoms with Gasteiger partial charge in [0.1, 0.15) is 5.82 Å². The Kier molecular flexibility index (Phi) is 6.12. The molecule has 1 atom stereocenters. The summed E-state index contributed by atoms with van der Waals surface area (Å²) in [6.07, 6.45) is 3.35. The second kappa shape index (κ2) is 8.29. The number of amides is 1. The Morgan fingerprint density at radius 3 is 2.75 bits per heavy atom. The van der Waals surface area contributed by atoms with Gasteiger partial charge >= 0.3 is 5.97 Å². The Bertz CT molecular complexity index is 709. The Morgan fingerprint density at radius 2 is 2.04 bits per heavy atom. The van der Waals surface area contributed by atoms with Crippen LogP contribution in [0, 0.1) is 0 Å².